The highest BCUT2D eigenvalue weighted by Gasteiger charge is 2.32. The number of carbonyl (C=O) groups is 2. The highest BCUT2D eigenvalue weighted by molar-refractivity contribution is 7.10. The van der Waals surface area contributed by atoms with E-state index in [2.05, 4.69) is 21.7 Å². The lowest BCUT2D eigenvalue weighted by atomic mass is 9.93. The van der Waals surface area contributed by atoms with Crippen molar-refractivity contribution in [2.24, 2.45) is 0 Å². The van der Waals surface area contributed by atoms with E-state index in [-0.39, 0.29) is 29.8 Å². The fraction of sp³-hybridized carbons (Fsp3) is 0.400. The van der Waals surface area contributed by atoms with Gasteiger partial charge in [0.15, 0.2) is 0 Å². The first-order valence-corrected chi connectivity index (χ1v) is 14.4. The van der Waals surface area contributed by atoms with E-state index in [4.69, 9.17) is 4.74 Å². The van der Waals surface area contributed by atoms with Gasteiger partial charge in [-0.25, -0.2) is 9.18 Å². The zero-order valence-electron chi connectivity index (χ0n) is 22.4. The SMILES string of the molecule is CCOc1ccc(NC(=O)N2CCN(C(=O)CCN3CCc4sccc4C3c3cccc(F)c3)CC2C)cc1. The van der Waals surface area contributed by atoms with Crippen LogP contribution in [0.4, 0.5) is 14.9 Å². The zero-order valence-corrected chi connectivity index (χ0v) is 23.3. The van der Waals surface area contributed by atoms with E-state index >= 15 is 0 Å². The topological polar surface area (TPSA) is 65.1 Å². The minimum atomic E-state index is -0.246. The molecule has 3 amide bonds. The van der Waals surface area contributed by atoms with Gasteiger partial charge in [-0.05, 0) is 79.2 Å². The number of benzene rings is 2. The molecule has 9 heteroatoms. The van der Waals surface area contributed by atoms with Crippen molar-refractivity contribution in [2.75, 3.05) is 44.6 Å². The van der Waals surface area contributed by atoms with Gasteiger partial charge in [-0.1, -0.05) is 12.1 Å². The normalized spacial score (nSPS) is 19.5. The summed E-state index contributed by atoms with van der Waals surface area (Å²) in [5, 5.41) is 5.05. The number of halogens is 1. The lowest BCUT2D eigenvalue weighted by Gasteiger charge is -2.40. The molecule has 1 saturated heterocycles. The smallest absolute Gasteiger partial charge is 0.322 e. The third-order valence-electron chi connectivity index (χ3n) is 7.50. The van der Waals surface area contributed by atoms with Crippen molar-refractivity contribution < 1.29 is 18.7 Å². The molecule has 3 heterocycles. The standard InChI is InChI=1S/C30H35FN4O3S/c1-3-38-25-9-7-24(8-10-25)32-30(37)35-17-16-34(20-21(35)2)28(36)12-15-33-14-11-27-26(13-18-39-27)29(33)22-5-4-6-23(31)19-22/h4-10,13,18-19,21,29H,3,11-12,14-17,20H2,1-2H3,(H,32,37). The molecule has 2 aliphatic heterocycles. The Balaban J connectivity index is 1.16. The molecule has 0 spiro atoms. The molecule has 2 atom stereocenters. The van der Waals surface area contributed by atoms with Crippen LogP contribution >= 0.6 is 11.3 Å². The summed E-state index contributed by atoms with van der Waals surface area (Å²) in [4.78, 5) is 33.4. The highest BCUT2D eigenvalue weighted by Crippen LogP contribution is 2.38. The number of piperazine rings is 1. The number of hydrogen-bond acceptors (Lipinski definition) is 5. The largest absolute Gasteiger partial charge is 0.494 e. The number of rotatable bonds is 7. The molecule has 0 bridgehead atoms. The van der Waals surface area contributed by atoms with Crippen LogP contribution in [0.25, 0.3) is 0 Å². The second-order valence-corrected chi connectivity index (χ2v) is 11.1. The van der Waals surface area contributed by atoms with E-state index in [1.54, 1.807) is 28.4 Å². The van der Waals surface area contributed by atoms with E-state index in [1.807, 2.05) is 49.1 Å². The number of urea groups is 1. The van der Waals surface area contributed by atoms with Crippen molar-refractivity contribution >= 4 is 29.0 Å². The number of ether oxygens (including phenoxy) is 1. The maximum atomic E-state index is 14.1. The van der Waals surface area contributed by atoms with Crippen LogP contribution in [0, 0.1) is 5.82 Å². The summed E-state index contributed by atoms with van der Waals surface area (Å²) in [6.45, 7) is 7.40. The lowest BCUT2D eigenvalue weighted by molar-refractivity contribution is -0.134. The van der Waals surface area contributed by atoms with Gasteiger partial charge in [0.25, 0.3) is 0 Å². The van der Waals surface area contributed by atoms with Gasteiger partial charge in [-0.3, -0.25) is 9.69 Å². The molecule has 0 aliphatic carbocycles. The molecular formula is C30H35FN4O3S. The third kappa shape index (κ3) is 6.25. The van der Waals surface area contributed by atoms with Crippen LogP contribution < -0.4 is 10.1 Å². The minimum absolute atomic E-state index is 0.0504. The lowest BCUT2D eigenvalue weighted by Crippen LogP contribution is -2.56. The molecule has 1 fully saturated rings. The number of anilines is 1. The molecular weight excluding hydrogens is 515 g/mol. The van der Waals surface area contributed by atoms with Crippen LogP contribution in [0.3, 0.4) is 0 Å². The van der Waals surface area contributed by atoms with Gasteiger partial charge >= 0.3 is 6.03 Å². The Kier molecular flexibility index (Phi) is 8.47. The number of hydrogen-bond donors (Lipinski definition) is 1. The van der Waals surface area contributed by atoms with Crippen LogP contribution in [0.2, 0.25) is 0 Å². The first kappa shape index (κ1) is 27.1. The Morgan fingerprint density at radius 2 is 1.92 bits per heavy atom. The molecule has 5 rings (SSSR count). The second-order valence-electron chi connectivity index (χ2n) is 10.1. The first-order chi connectivity index (χ1) is 18.9. The number of thiophene rings is 1. The summed E-state index contributed by atoms with van der Waals surface area (Å²) in [6.07, 6.45) is 1.32. The van der Waals surface area contributed by atoms with Crippen molar-refractivity contribution in [3.05, 3.63) is 81.8 Å². The van der Waals surface area contributed by atoms with Gasteiger partial charge in [-0.2, -0.15) is 0 Å². The average Bonchev–Trinajstić information content (AvgIpc) is 3.41. The van der Waals surface area contributed by atoms with E-state index in [0.717, 1.165) is 24.3 Å². The zero-order chi connectivity index (χ0) is 27.4. The number of carbonyl (C=O) groups excluding carboxylic acids is 2. The van der Waals surface area contributed by atoms with Crippen LogP contribution in [-0.2, 0) is 11.2 Å². The fourth-order valence-corrected chi connectivity index (χ4v) is 6.46. The predicted octanol–water partition coefficient (Wildman–Crippen LogP) is 5.39. The third-order valence-corrected chi connectivity index (χ3v) is 8.50. The molecule has 206 valence electrons. The Morgan fingerprint density at radius 1 is 1.10 bits per heavy atom. The molecule has 2 aliphatic rings. The van der Waals surface area contributed by atoms with E-state index in [9.17, 15) is 14.0 Å². The van der Waals surface area contributed by atoms with Crippen LogP contribution in [0.5, 0.6) is 5.75 Å². The monoisotopic (exact) mass is 550 g/mol. The summed E-state index contributed by atoms with van der Waals surface area (Å²) >= 11 is 1.74. The van der Waals surface area contributed by atoms with Gasteiger partial charge in [0, 0.05) is 55.8 Å². The van der Waals surface area contributed by atoms with Crippen molar-refractivity contribution in [1.29, 1.82) is 0 Å². The predicted molar refractivity (Wildman–Crippen MR) is 152 cm³/mol. The van der Waals surface area contributed by atoms with Crippen LogP contribution in [-0.4, -0.2) is 72.0 Å². The molecule has 39 heavy (non-hydrogen) atoms. The molecule has 2 aromatic carbocycles. The van der Waals surface area contributed by atoms with Crippen LogP contribution in [0.1, 0.15) is 42.3 Å². The fourth-order valence-electron chi connectivity index (χ4n) is 5.56. The average molecular weight is 551 g/mol. The molecule has 1 N–H and O–H groups in total. The highest BCUT2D eigenvalue weighted by atomic mass is 32.1. The molecule has 1 aromatic heterocycles. The summed E-state index contributed by atoms with van der Waals surface area (Å²) in [7, 11) is 0. The summed E-state index contributed by atoms with van der Waals surface area (Å²) in [5.74, 6) is 0.602. The van der Waals surface area contributed by atoms with Gasteiger partial charge in [-0.15, -0.1) is 11.3 Å². The summed E-state index contributed by atoms with van der Waals surface area (Å²) in [6, 6.07) is 15.9. The Bertz CT molecular complexity index is 1300. The molecule has 7 nitrogen and oxygen atoms in total. The van der Waals surface area contributed by atoms with Crippen molar-refractivity contribution in [2.45, 2.75) is 38.8 Å². The number of fused-ring (bicyclic) bond motifs is 1. The number of nitrogens with zero attached hydrogens (tertiary/aromatic N) is 3. The van der Waals surface area contributed by atoms with Crippen molar-refractivity contribution in [3.8, 4) is 5.75 Å². The van der Waals surface area contributed by atoms with Gasteiger partial charge in [0.1, 0.15) is 11.6 Å². The minimum Gasteiger partial charge on any atom is -0.494 e. The maximum Gasteiger partial charge on any atom is 0.322 e. The Hall–Kier alpha value is -3.43. The van der Waals surface area contributed by atoms with Crippen molar-refractivity contribution in [3.63, 3.8) is 0 Å². The van der Waals surface area contributed by atoms with Gasteiger partial charge < -0.3 is 19.9 Å². The Morgan fingerprint density at radius 3 is 2.67 bits per heavy atom. The Labute approximate surface area is 233 Å². The molecule has 3 aromatic rings. The maximum absolute atomic E-state index is 14.1. The van der Waals surface area contributed by atoms with Crippen molar-refractivity contribution in [1.82, 2.24) is 14.7 Å². The summed E-state index contributed by atoms with van der Waals surface area (Å²) < 4.78 is 19.5. The van der Waals surface area contributed by atoms with Gasteiger partial charge in [0.2, 0.25) is 5.91 Å². The molecule has 2 unspecified atom stereocenters. The quantitative estimate of drug-likeness (QED) is 0.429. The molecule has 0 saturated carbocycles. The second kappa shape index (κ2) is 12.2. The summed E-state index contributed by atoms with van der Waals surface area (Å²) in [5.41, 5.74) is 2.84. The van der Waals surface area contributed by atoms with Crippen LogP contribution in [0.15, 0.2) is 60.0 Å². The van der Waals surface area contributed by atoms with E-state index in [1.165, 1.54) is 16.5 Å². The number of amides is 3. The van der Waals surface area contributed by atoms with Gasteiger partial charge in [0.05, 0.1) is 12.6 Å². The first-order valence-electron chi connectivity index (χ1n) is 13.6. The number of nitrogens with one attached hydrogen (secondary N) is 1. The molecule has 0 radical (unpaired) electrons. The van der Waals surface area contributed by atoms with E-state index < -0.39 is 0 Å². The van der Waals surface area contributed by atoms with E-state index in [0.29, 0.717) is 44.9 Å².